The Hall–Kier alpha value is -2.29. The van der Waals surface area contributed by atoms with Crippen molar-refractivity contribution in [3.8, 4) is 23.3 Å². The highest BCUT2D eigenvalue weighted by Gasteiger charge is 2.41. The van der Waals surface area contributed by atoms with Gasteiger partial charge in [0.2, 0.25) is 0 Å². The largest absolute Gasteiger partial charge is 0.493 e. The fraction of sp³-hybridized carbons (Fsp3) is 0.690. The van der Waals surface area contributed by atoms with Gasteiger partial charge in [0.1, 0.15) is 17.7 Å². The second-order valence-corrected chi connectivity index (χ2v) is 16.6. The maximum absolute atomic E-state index is 13.0. The lowest BCUT2D eigenvalue weighted by Crippen LogP contribution is -2.57. The number of amides is 1. The van der Waals surface area contributed by atoms with Crippen LogP contribution in [0, 0.1) is 11.8 Å². The average Bonchev–Trinajstić information content (AvgIpc) is 2.83. The van der Waals surface area contributed by atoms with E-state index in [1.807, 2.05) is 39.0 Å². The van der Waals surface area contributed by atoms with E-state index in [0.717, 1.165) is 5.56 Å². The van der Waals surface area contributed by atoms with Gasteiger partial charge in [-0.15, -0.1) is 0 Å². The molecular formula is C29H49NO8Si. The van der Waals surface area contributed by atoms with Gasteiger partial charge < -0.3 is 38.2 Å². The van der Waals surface area contributed by atoms with Crippen molar-refractivity contribution in [1.29, 1.82) is 0 Å². The summed E-state index contributed by atoms with van der Waals surface area (Å²) < 4.78 is 39.6. The number of hydrogen-bond acceptors (Lipinski definition) is 8. The molecule has 1 atom stereocenters. The number of nitrogens with one attached hydrogen (secondary N) is 1. The van der Waals surface area contributed by atoms with E-state index in [0.29, 0.717) is 24.7 Å². The molecule has 0 unspecified atom stereocenters. The molecule has 1 aromatic rings. The minimum atomic E-state index is -2.20. The van der Waals surface area contributed by atoms with Gasteiger partial charge in [-0.2, -0.15) is 0 Å². The lowest BCUT2D eigenvalue weighted by Gasteiger charge is -2.39. The smallest absolute Gasteiger partial charge is 0.409 e. The van der Waals surface area contributed by atoms with Crippen LogP contribution in [-0.4, -0.2) is 79.9 Å². The minimum absolute atomic E-state index is 0.0398. The molecule has 0 saturated carbocycles. The third kappa shape index (κ3) is 12.6. The van der Waals surface area contributed by atoms with E-state index in [2.05, 4.69) is 51.0 Å². The third-order valence-electron chi connectivity index (χ3n) is 6.22. The Bertz CT molecular complexity index is 959. The molecule has 222 valence electrons. The summed E-state index contributed by atoms with van der Waals surface area (Å²) in [6.45, 7) is 17.7. The first-order chi connectivity index (χ1) is 18.1. The molecule has 0 aliphatic carbocycles. The maximum atomic E-state index is 13.0. The molecule has 1 aromatic carbocycles. The Morgan fingerprint density at radius 2 is 1.59 bits per heavy atom. The van der Waals surface area contributed by atoms with Crippen molar-refractivity contribution in [2.75, 3.05) is 54.4 Å². The molecule has 0 radical (unpaired) electrons. The van der Waals surface area contributed by atoms with Crippen molar-refractivity contribution in [3.05, 3.63) is 23.8 Å². The topological polar surface area (TPSA) is 93.7 Å². The highest BCUT2D eigenvalue weighted by Crippen LogP contribution is 2.37. The normalized spacial score (nSPS) is 13.6. The molecule has 0 aromatic heterocycles. The summed E-state index contributed by atoms with van der Waals surface area (Å²) >= 11 is 0. The molecule has 1 amide bonds. The Balaban J connectivity index is 3.27. The van der Waals surface area contributed by atoms with E-state index in [1.165, 1.54) is 0 Å². The van der Waals surface area contributed by atoms with Crippen LogP contribution in [0.3, 0.4) is 0 Å². The molecular weight excluding hydrogens is 518 g/mol. The zero-order valence-corrected chi connectivity index (χ0v) is 26.7. The van der Waals surface area contributed by atoms with Gasteiger partial charge in [0.05, 0.1) is 47.3 Å². The van der Waals surface area contributed by atoms with Gasteiger partial charge in [-0.05, 0) is 56.6 Å². The Kier molecular flexibility index (Phi) is 13.8. The zero-order chi connectivity index (χ0) is 29.7. The van der Waals surface area contributed by atoms with E-state index in [-0.39, 0.29) is 31.5 Å². The van der Waals surface area contributed by atoms with Crippen LogP contribution >= 0.6 is 0 Å². The van der Waals surface area contributed by atoms with Crippen LogP contribution in [0.25, 0.3) is 0 Å². The summed E-state index contributed by atoms with van der Waals surface area (Å²) in [6, 6.07) is 5.57. The number of carbonyl (C=O) groups excluding carboxylic acids is 1. The predicted molar refractivity (Wildman–Crippen MR) is 155 cm³/mol. The van der Waals surface area contributed by atoms with Crippen molar-refractivity contribution in [3.63, 3.8) is 0 Å². The Morgan fingerprint density at radius 1 is 0.923 bits per heavy atom. The molecule has 10 heteroatoms. The number of methoxy groups -OCH3 is 3. The summed E-state index contributed by atoms with van der Waals surface area (Å²) in [5.41, 5.74) is -0.994. The molecule has 0 aliphatic rings. The summed E-state index contributed by atoms with van der Waals surface area (Å²) in [6.07, 6.45) is -0.606. The van der Waals surface area contributed by atoms with Gasteiger partial charge in [-0.25, -0.2) is 4.79 Å². The van der Waals surface area contributed by atoms with Crippen LogP contribution in [0.5, 0.6) is 11.5 Å². The van der Waals surface area contributed by atoms with Gasteiger partial charge in [-0.3, -0.25) is 0 Å². The van der Waals surface area contributed by atoms with E-state index >= 15 is 0 Å². The first kappa shape index (κ1) is 34.7. The van der Waals surface area contributed by atoms with Gasteiger partial charge in [0.25, 0.3) is 0 Å². The molecule has 0 heterocycles. The number of hydrogen-bond donors (Lipinski definition) is 1. The Morgan fingerprint density at radius 3 is 2.15 bits per heavy atom. The van der Waals surface area contributed by atoms with Gasteiger partial charge in [0.15, 0.2) is 19.8 Å². The maximum Gasteiger partial charge on any atom is 0.409 e. The number of benzene rings is 1. The zero-order valence-electron chi connectivity index (χ0n) is 25.7. The van der Waals surface area contributed by atoms with Crippen molar-refractivity contribution in [2.45, 2.75) is 77.4 Å². The van der Waals surface area contributed by atoms with Gasteiger partial charge >= 0.3 is 6.09 Å². The van der Waals surface area contributed by atoms with Crippen LogP contribution in [0.15, 0.2) is 18.2 Å². The van der Waals surface area contributed by atoms with Gasteiger partial charge in [0, 0.05) is 7.11 Å². The second kappa shape index (κ2) is 15.5. The number of alkyl carbamates (subject to hydrolysis) is 1. The van der Waals surface area contributed by atoms with Gasteiger partial charge in [-0.1, -0.05) is 38.7 Å². The molecule has 9 nitrogen and oxygen atoms in total. The van der Waals surface area contributed by atoms with Crippen molar-refractivity contribution < 1.29 is 37.6 Å². The summed E-state index contributed by atoms with van der Waals surface area (Å²) in [7, 11) is 2.58. The second-order valence-electron chi connectivity index (χ2n) is 11.8. The van der Waals surface area contributed by atoms with Crippen molar-refractivity contribution in [2.24, 2.45) is 0 Å². The molecule has 0 fully saturated rings. The van der Waals surface area contributed by atoms with Crippen LogP contribution < -0.4 is 14.8 Å². The monoisotopic (exact) mass is 567 g/mol. The summed E-state index contributed by atoms with van der Waals surface area (Å²) in [5.74, 6) is 7.44. The molecule has 0 spiro atoms. The van der Waals surface area contributed by atoms with Crippen molar-refractivity contribution in [1.82, 2.24) is 5.32 Å². The van der Waals surface area contributed by atoms with E-state index < -0.39 is 25.6 Å². The van der Waals surface area contributed by atoms with Crippen LogP contribution in [0.2, 0.25) is 18.1 Å². The molecule has 0 bridgehead atoms. The average molecular weight is 568 g/mol. The first-order valence-corrected chi connectivity index (χ1v) is 16.0. The highest BCUT2D eigenvalue weighted by molar-refractivity contribution is 6.74. The van der Waals surface area contributed by atoms with Crippen LogP contribution in [0.1, 0.15) is 47.1 Å². The first-order valence-electron chi connectivity index (χ1n) is 13.1. The molecule has 39 heavy (non-hydrogen) atoms. The highest BCUT2D eigenvalue weighted by atomic mass is 28.4. The Labute approximate surface area is 236 Å². The third-order valence-corrected chi connectivity index (χ3v) is 10.7. The van der Waals surface area contributed by atoms with E-state index in [1.54, 1.807) is 21.3 Å². The van der Waals surface area contributed by atoms with Crippen LogP contribution in [-0.2, 0) is 30.0 Å². The quantitative estimate of drug-likeness (QED) is 0.187. The fourth-order valence-electron chi connectivity index (χ4n) is 3.02. The lowest BCUT2D eigenvalue weighted by atomic mass is 10.0. The summed E-state index contributed by atoms with van der Waals surface area (Å²) in [5, 5.41) is 2.91. The van der Waals surface area contributed by atoms with E-state index in [4.69, 9.17) is 32.8 Å². The SMILES string of the molecule is COCCOCC#C[C@](COCc1ccc(OC)c(OC)c1)(CO[Si](C)(C)C(C)(C)C)NC(=O)OC(C)(C)C. The molecule has 1 rings (SSSR count). The number of ether oxygens (including phenoxy) is 6. The number of rotatable bonds is 14. The number of carbonyl (C=O) groups is 1. The predicted octanol–water partition coefficient (Wildman–Crippen LogP) is 5.17. The minimum Gasteiger partial charge on any atom is -0.493 e. The molecule has 1 N–H and O–H groups in total. The lowest BCUT2D eigenvalue weighted by molar-refractivity contribution is 0.0252. The van der Waals surface area contributed by atoms with Crippen LogP contribution in [0.4, 0.5) is 4.79 Å². The summed E-state index contributed by atoms with van der Waals surface area (Å²) in [4.78, 5) is 13.0. The molecule has 0 saturated heterocycles. The van der Waals surface area contributed by atoms with E-state index in [9.17, 15) is 4.79 Å². The molecule has 0 aliphatic heterocycles. The fourth-order valence-corrected chi connectivity index (χ4v) is 4.06. The van der Waals surface area contributed by atoms with Crippen molar-refractivity contribution >= 4 is 14.4 Å². The standard InChI is InChI=1S/C29H49NO8Si/c1-27(2,3)38-26(31)30-29(15-12-16-35-18-17-32-7,22-37-39(10,11)28(4,5)6)21-36-20-23-13-14-24(33-8)25(19-23)34-9/h13-14,19H,16-18,20-22H2,1-11H3,(H,30,31)/t29-/m0/s1.